The van der Waals surface area contributed by atoms with Gasteiger partial charge in [-0.1, -0.05) is 76.8 Å². The molecule has 0 nitrogen and oxygen atoms in total. The lowest BCUT2D eigenvalue weighted by Crippen LogP contribution is -2.20. The van der Waals surface area contributed by atoms with Crippen molar-refractivity contribution in [2.45, 2.75) is 64.7 Å². The molecule has 1 aromatic carbocycles. The van der Waals surface area contributed by atoms with Gasteiger partial charge >= 0.3 is 0 Å². The fourth-order valence-corrected chi connectivity index (χ4v) is 3.22. The Bertz CT molecular complexity index is 342. The van der Waals surface area contributed by atoms with E-state index in [0.717, 1.165) is 11.8 Å². The van der Waals surface area contributed by atoms with E-state index in [2.05, 4.69) is 51.1 Å². The Hall–Kier alpha value is -0.780. The van der Waals surface area contributed by atoms with Crippen LogP contribution in [0.2, 0.25) is 0 Å². The van der Waals surface area contributed by atoms with Crippen LogP contribution < -0.4 is 0 Å². The summed E-state index contributed by atoms with van der Waals surface area (Å²) in [5.74, 6) is 1.97. The lowest BCUT2D eigenvalue weighted by molar-refractivity contribution is 0.258. The normalized spacial score (nSPS) is 25.1. The molecule has 0 aliphatic heterocycles. The van der Waals surface area contributed by atoms with Crippen LogP contribution >= 0.6 is 0 Å². The van der Waals surface area contributed by atoms with Crippen LogP contribution in [0.25, 0.3) is 0 Å². The van der Waals surface area contributed by atoms with Gasteiger partial charge < -0.3 is 0 Å². The zero-order valence-electron chi connectivity index (χ0n) is 12.3. The summed E-state index contributed by atoms with van der Waals surface area (Å²) in [6.07, 6.45) is 8.58. The highest BCUT2D eigenvalue weighted by Gasteiger charge is 2.24. The monoisotopic (exact) mass is 244 g/mol. The highest BCUT2D eigenvalue weighted by Crippen LogP contribution is 2.35. The molecule has 1 aliphatic carbocycles. The van der Waals surface area contributed by atoms with E-state index in [9.17, 15) is 0 Å². The second kappa shape index (κ2) is 5.91. The molecular formula is C18H28. The van der Waals surface area contributed by atoms with Crippen molar-refractivity contribution in [1.82, 2.24) is 0 Å². The maximum Gasteiger partial charge on any atom is -0.0103 e. The molecular weight excluding hydrogens is 216 g/mol. The molecule has 1 saturated carbocycles. The minimum atomic E-state index is 0.338. The average Bonchev–Trinajstić information content (AvgIpc) is 2.39. The van der Waals surface area contributed by atoms with Crippen molar-refractivity contribution in [2.24, 2.45) is 11.8 Å². The van der Waals surface area contributed by atoms with Crippen LogP contribution in [0.15, 0.2) is 30.3 Å². The molecule has 1 aromatic rings. The molecule has 0 heteroatoms. The van der Waals surface area contributed by atoms with Gasteiger partial charge in [0, 0.05) is 0 Å². The van der Waals surface area contributed by atoms with Gasteiger partial charge in [-0.2, -0.15) is 0 Å². The molecule has 0 spiro atoms. The minimum absolute atomic E-state index is 0.338. The summed E-state index contributed by atoms with van der Waals surface area (Å²) in [5, 5.41) is 0. The van der Waals surface area contributed by atoms with Crippen LogP contribution in [0.4, 0.5) is 0 Å². The first-order valence-electron chi connectivity index (χ1n) is 7.63. The second-order valence-electron chi connectivity index (χ2n) is 6.91. The van der Waals surface area contributed by atoms with Gasteiger partial charge in [0.2, 0.25) is 0 Å². The Kier molecular flexibility index (Phi) is 4.48. The first-order valence-corrected chi connectivity index (χ1v) is 7.63. The third-order valence-corrected chi connectivity index (χ3v) is 4.87. The molecule has 2 rings (SSSR count). The highest BCUT2D eigenvalue weighted by molar-refractivity contribution is 5.23. The zero-order chi connectivity index (χ0) is 13.0. The fourth-order valence-electron chi connectivity index (χ4n) is 3.22. The first kappa shape index (κ1) is 13.6. The lowest BCUT2D eigenvalue weighted by atomic mass is 9.75. The van der Waals surface area contributed by atoms with Crippen molar-refractivity contribution in [3.8, 4) is 0 Å². The Morgan fingerprint density at radius 2 is 1.61 bits per heavy atom. The van der Waals surface area contributed by atoms with Crippen molar-refractivity contribution < 1.29 is 0 Å². The van der Waals surface area contributed by atoms with E-state index in [4.69, 9.17) is 0 Å². The molecule has 0 unspecified atom stereocenters. The van der Waals surface area contributed by atoms with Crippen LogP contribution in [0, 0.1) is 11.8 Å². The molecule has 100 valence electrons. The molecule has 1 fully saturated rings. The van der Waals surface area contributed by atoms with E-state index in [-0.39, 0.29) is 0 Å². The van der Waals surface area contributed by atoms with Crippen molar-refractivity contribution in [3.05, 3.63) is 35.9 Å². The summed E-state index contributed by atoms with van der Waals surface area (Å²) in [4.78, 5) is 0. The summed E-state index contributed by atoms with van der Waals surface area (Å²) in [5.41, 5.74) is 1.83. The SMILES string of the molecule is CC1CCC(CCC(C)(C)c2ccccc2)CC1. The van der Waals surface area contributed by atoms with Crippen molar-refractivity contribution >= 4 is 0 Å². The predicted octanol–water partition coefficient (Wildman–Crippen LogP) is 5.57. The lowest BCUT2D eigenvalue weighted by Gasteiger charge is -2.31. The Morgan fingerprint density at radius 1 is 1.00 bits per heavy atom. The first-order chi connectivity index (χ1) is 8.58. The van der Waals surface area contributed by atoms with Crippen molar-refractivity contribution in [1.29, 1.82) is 0 Å². The van der Waals surface area contributed by atoms with Crippen LogP contribution in [-0.4, -0.2) is 0 Å². The quantitative estimate of drug-likeness (QED) is 0.649. The number of rotatable bonds is 4. The minimum Gasteiger partial charge on any atom is -0.0625 e. The maximum absolute atomic E-state index is 2.41. The van der Waals surface area contributed by atoms with E-state index in [1.54, 1.807) is 0 Å². The smallest absolute Gasteiger partial charge is 0.0103 e. The molecule has 0 atom stereocenters. The van der Waals surface area contributed by atoms with E-state index < -0.39 is 0 Å². The predicted molar refractivity (Wildman–Crippen MR) is 79.8 cm³/mol. The number of hydrogen-bond acceptors (Lipinski definition) is 0. The largest absolute Gasteiger partial charge is 0.0625 e. The molecule has 0 bridgehead atoms. The third kappa shape index (κ3) is 3.60. The fraction of sp³-hybridized carbons (Fsp3) is 0.667. The Balaban J connectivity index is 1.86. The van der Waals surface area contributed by atoms with Gasteiger partial charge in [0.1, 0.15) is 0 Å². The van der Waals surface area contributed by atoms with Crippen LogP contribution in [-0.2, 0) is 5.41 Å². The van der Waals surface area contributed by atoms with E-state index in [0.29, 0.717) is 5.41 Å². The Labute approximate surface area is 113 Å². The van der Waals surface area contributed by atoms with E-state index in [1.807, 2.05) is 0 Å². The van der Waals surface area contributed by atoms with Gasteiger partial charge in [-0.05, 0) is 35.7 Å². The van der Waals surface area contributed by atoms with E-state index >= 15 is 0 Å². The molecule has 0 saturated heterocycles. The average molecular weight is 244 g/mol. The molecule has 0 amide bonds. The maximum atomic E-state index is 2.41. The standard InChI is InChI=1S/C18H28/c1-15-9-11-16(12-10-15)13-14-18(2,3)17-7-5-4-6-8-17/h4-8,15-16H,9-14H2,1-3H3. The van der Waals surface area contributed by atoms with Gasteiger partial charge in [0.15, 0.2) is 0 Å². The number of benzene rings is 1. The van der Waals surface area contributed by atoms with E-state index in [1.165, 1.54) is 44.1 Å². The summed E-state index contributed by atoms with van der Waals surface area (Å²) in [6.45, 7) is 7.20. The zero-order valence-corrected chi connectivity index (χ0v) is 12.3. The molecule has 0 aromatic heterocycles. The molecule has 1 aliphatic rings. The van der Waals surface area contributed by atoms with Crippen LogP contribution in [0.5, 0.6) is 0 Å². The van der Waals surface area contributed by atoms with Crippen molar-refractivity contribution in [2.75, 3.05) is 0 Å². The summed E-state index contributed by atoms with van der Waals surface area (Å²) >= 11 is 0. The molecule has 0 N–H and O–H groups in total. The number of hydrogen-bond donors (Lipinski definition) is 0. The summed E-state index contributed by atoms with van der Waals surface area (Å²) < 4.78 is 0. The van der Waals surface area contributed by atoms with Gasteiger partial charge in [-0.3, -0.25) is 0 Å². The summed E-state index contributed by atoms with van der Waals surface area (Å²) in [7, 11) is 0. The van der Waals surface area contributed by atoms with Gasteiger partial charge in [0.25, 0.3) is 0 Å². The summed E-state index contributed by atoms with van der Waals surface area (Å²) in [6, 6.07) is 11.0. The van der Waals surface area contributed by atoms with Crippen molar-refractivity contribution in [3.63, 3.8) is 0 Å². The Morgan fingerprint density at radius 3 is 2.22 bits per heavy atom. The van der Waals surface area contributed by atoms with Crippen LogP contribution in [0.1, 0.15) is 64.9 Å². The topological polar surface area (TPSA) is 0 Å². The van der Waals surface area contributed by atoms with Crippen LogP contribution in [0.3, 0.4) is 0 Å². The molecule has 18 heavy (non-hydrogen) atoms. The molecule has 0 heterocycles. The van der Waals surface area contributed by atoms with Gasteiger partial charge in [-0.15, -0.1) is 0 Å². The second-order valence-corrected chi connectivity index (χ2v) is 6.91. The van der Waals surface area contributed by atoms with Gasteiger partial charge in [0.05, 0.1) is 0 Å². The third-order valence-electron chi connectivity index (χ3n) is 4.87. The molecule has 0 radical (unpaired) electrons. The highest BCUT2D eigenvalue weighted by atomic mass is 14.3. The van der Waals surface area contributed by atoms with Gasteiger partial charge in [-0.25, -0.2) is 0 Å².